The van der Waals surface area contributed by atoms with E-state index >= 15 is 0 Å². The van der Waals surface area contributed by atoms with Gasteiger partial charge in [0.1, 0.15) is 0 Å². The van der Waals surface area contributed by atoms with Crippen molar-refractivity contribution in [1.82, 2.24) is 15.5 Å². The van der Waals surface area contributed by atoms with E-state index in [-0.39, 0.29) is 17.9 Å². The molecule has 150 valence electrons. The predicted molar refractivity (Wildman–Crippen MR) is 110 cm³/mol. The molecule has 4 N–H and O–H groups in total. The van der Waals surface area contributed by atoms with E-state index in [2.05, 4.69) is 20.8 Å². The number of nitrogens with one attached hydrogen (secondary N) is 3. The van der Waals surface area contributed by atoms with Crippen LogP contribution in [-0.2, 0) is 9.59 Å². The minimum atomic E-state index is -1.29. The third-order valence-electron chi connectivity index (χ3n) is 5.27. The number of hydrogen-bond donors (Lipinski definition) is 4. The van der Waals surface area contributed by atoms with E-state index in [1.165, 1.54) is 0 Å². The molecule has 0 radical (unpaired) electrons. The summed E-state index contributed by atoms with van der Waals surface area (Å²) >= 11 is 5.92. The zero-order chi connectivity index (χ0) is 20.4. The monoisotopic (exact) mass is 412 g/mol. The smallest absolute Gasteiger partial charge is 0.253 e. The number of H-pyrrole nitrogens is 1. The normalized spacial score (nSPS) is 19.8. The molecule has 8 heteroatoms. The molecule has 2 aromatic carbocycles. The Labute approximate surface area is 172 Å². The Morgan fingerprint density at radius 2 is 2.07 bits per heavy atom. The van der Waals surface area contributed by atoms with E-state index in [4.69, 9.17) is 11.6 Å². The molecule has 0 unspecified atom stereocenters. The summed E-state index contributed by atoms with van der Waals surface area (Å²) < 4.78 is 0. The summed E-state index contributed by atoms with van der Waals surface area (Å²) in [4.78, 5) is 25.0. The first-order valence-electron chi connectivity index (χ1n) is 9.47. The molecule has 0 saturated heterocycles. The maximum Gasteiger partial charge on any atom is 0.253 e. The highest BCUT2D eigenvalue weighted by Crippen LogP contribution is 2.28. The van der Waals surface area contributed by atoms with Crippen molar-refractivity contribution in [1.29, 1.82) is 0 Å². The maximum atomic E-state index is 12.6. The Morgan fingerprint density at radius 1 is 1.21 bits per heavy atom. The van der Waals surface area contributed by atoms with Crippen LogP contribution in [0.25, 0.3) is 10.9 Å². The Hall–Kier alpha value is -2.90. The first-order chi connectivity index (χ1) is 14.0. The highest BCUT2D eigenvalue weighted by Gasteiger charge is 2.32. The fourth-order valence-electron chi connectivity index (χ4n) is 3.72. The maximum absolute atomic E-state index is 12.6. The van der Waals surface area contributed by atoms with Crippen molar-refractivity contribution >= 4 is 40.0 Å². The van der Waals surface area contributed by atoms with Gasteiger partial charge in [-0.25, -0.2) is 0 Å². The number of rotatable bonds is 5. The Bertz CT molecular complexity index is 1050. The molecule has 3 aromatic rings. The first kappa shape index (κ1) is 19.4. The molecule has 1 aliphatic carbocycles. The fourth-order valence-corrected chi connectivity index (χ4v) is 3.92. The Kier molecular flexibility index (Phi) is 5.51. The third kappa shape index (κ3) is 4.41. The lowest BCUT2D eigenvalue weighted by molar-refractivity contribution is -0.130. The van der Waals surface area contributed by atoms with Crippen molar-refractivity contribution < 1.29 is 14.7 Å². The van der Waals surface area contributed by atoms with Crippen molar-refractivity contribution in [3.63, 3.8) is 0 Å². The first-order valence-corrected chi connectivity index (χ1v) is 9.85. The van der Waals surface area contributed by atoms with Gasteiger partial charge in [0.05, 0.1) is 11.7 Å². The molecular formula is C21H21ClN4O3. The van der Waals surface area contributed by atoms with Crippen LogP contribution in [0.5, 0.6) is 0 Å². The number of nitrogens with zero attached hydrogens (tertiary/aromatic N) is 1. The van der Waals surface area contributed by atoms with E-state index in [0.29, 0.717) is 35.5 Å². The number of carbonyl (C=O) groups excluding carboxylic acids is 2. The summed E-state index contributed by atoms with van der Waals surface area (Å²) in [6, 6.07) is 12.0. The number of anilines is 1. The van der Waals surface area contributed by atoms with Crippen molar-refractivity contribution in [3.8, 4) is 0 Å². The molecule has 0 aliphatic heterocycles. The summed E-state index contributed by atoms with van der Waals surface area (Å²) in [6.45, 7) is 0. The van der Waals surface area contributed by atoms with Gasteiger partial charge in [-0.3, -0.25) is 14.7 Å². The minimum Gasteiger partial charge on any atom is -0.378 e. The lowest BCUT2D eigenvalue weighted by Crippen LogP contribution is -2.37. The zero-order valence-corrected chi connectivity index (χ0v) is 16.3. The lowest BCUT2D eigenvalue weighted by atomic mass is 10.1. The summed E-state index contributed by atoms with van der Waals surface area (Å²) in [5.74, 6) is -0.743. The molecule has 0 bridgehead atoms. The second-order valence-corrected chi connectivity index (χ2v) is 7.77. The number of benzene rings is 2. The number of fused-ring (bicyclic) bond motifs is 1. The predicted octanol–water partition coefficient (Wildman–Crippen LogP) is 3.17. The molecule has 0 spiro atoms. The van der Waals surface area contributed by atoms with Gasteiger partial charge in [-0.1, -0.05) is 23.7 Å². The number of amides is 2. The number of hydrogen-bond acceptors (Lipinski definition) is 4. The van der Waals surface area contributed by atoms with Crippen LogP contribution in [0.2, 0.25) is 5.02 Å². The highest BCUT2D eigenvalue weighted by atomic mass is 35.5. The number of aromatic nitrogens is 2. The second kappa shape index (κ2) is 8.23. The highest BCUT2D eigenvalue weighted by molar-refractivity contribution is 6.30. The molecule has 3 atom stereocenters. The standard InChI is InChI=1S/C21H21ClN4O3/c22-15-3-1-2-12(8-15)19(27)21(29)25-16-5-4-13(9-16)20(28)24-17-6-7-18-14(10-17)11-23-26-18/h1-3,6-8,10-11,13,16,19,27H,4-5,9H2,(H,23,26)(H,24,28)(H,25,29)/t13-,16-,19+/m0/s1. The van der Waals surface area contributed by atoms with Gasteiger partial charge in [0.2, 0.25) is 5.91 Å². The van der Waals surface area contributed by atoms with Crippen LogP contribution in [-0.4, -0.2) is 33.2 Å². The molecule has 1 fully saturated rings. The van der Waals surface area contributed by atoms with Crippen LogP contribution < -0.4 is 10.6 Å². The van der Waals surface area contributed by atoms with E-state index in [9.17, 15) is 14.7 Å². The van der Waals surface area contributed by atoms with Gasteiger partial charge >= 0.3 is 0 Å². The van der Waals surface area contributed by atoms with Gasteiger partial charge in [0, 0.05) is 28.1 Å². The fraction of sp³-hybridized carbons (Fsp3) is 0.286. The number of carbonyl (C=O) groups is 2. The molecule has 7 nitrogen and oxygen atoms in total. The van der Waals surface area contributed by atoms with Gasteiger partial charge in [-0.05, 0) is 55.2 Å². The number of aliphatic hydroxyl groups is 1. The average molecular weight is 413 g/mol. The zero-order valence-electron chi connectivity index (χ0n) is 15.6. The van der Waals surface area contributed by atoms with E-state index in [1.807, 2.05) is 18.2 Å². The van der Waals surface area contributed by atoms with Gasteiger partial charge in [-0.15, -0.1) is 0 Å². The molecule has 29 heavy (non-hydrogen) atoms. The van der Waals surface area contributed by atoms with Crippen molar-refractivity contribution in [2.24, 2.45) is 5.92 Å². The van der Waals surface area contributed by atoms with Crippen LogP contribution in [0.4, 0.5) is 5.69 Å². The van der Waals surface area contributed by atoms with Gasteiger partial charge in [-0.2, -0.15) is 5.10 Å². The van der Waals surface area contributed by atoms with E-state index in [1.54, 1.807) is 30.5 Å². The van der Waals surface area contributed by atoms with Crippen LogP contribution >= 0.6 is 11.6 Å². The van der Waals surface area contributed by atoms with Gasteiger partial charge in [0.25, 0.3) is 5.91 Å². The topological polar surface area (TPSA) is 107 Å². The Balaban J connectivity index is 1.32. The lowest BCUT2D eigenvalue weighted by Gasteiger charge is -2.17. The van der Waals surface area contributed by atoms with Crippen LogP contribution in [0.3, 0.4) is 0 Å². The Morgan fingerprint density at radius 3 is 2.90 bits per heavy atom. The minimum absolute atomic E-state index is 0.0695. The summed E-state index contributed by atoms with van der Waals surface area (Å²) in [7, 11) is 0. The van der Waals surface area contributed by atoms with E-state index < -0.39 is 12.0 Å². The molecule has 1 heterocycles. The van der Waals surface area contributed by atoms with Crippen molar-refractivity contribution in [2.75, 3.05) is 5.32 Å². The molecular weight excluding hydrogens is 392 g/mol. The molecule has 2 amide bonds. The summed E-state index contributed by atoms with van der Waals surface area (Å²) in [6.07, 6.45) is 2.32. The quantitative estimate of drug-likeness (QED) is 0.516. The SMILES string of the molecule is O=C(Nc1ccc2[nH]ncc2c1)[C@H]1CC[C@H](NC(=O)[C@H](O)c2cccc(Cl)c2)C1. The molecule has 1 saturated carbocycles. The summed E-state index contributed by atoms with van der Waals surface area (Å²) in [5.41, 5.74) is 2.06. The van der Waals surface area contributed by atoms with Gasteiger partial charge < -0.3 is 15.7 Å². The van der Waals surface area contributed by atoms with Crippen LogP contribution in [0.1, 0.15) is 30.9 Å². The number of halogens is 1. The molecule has 1 aromatic heterocycles. The van der Waals surface area contributed by atoms with Gasteiger partial charge in [0.15, 0.2) is 6.10 Å². The average Bonchev–Trinajstić information content (AvgIpc) is 3.36. The van der Waals surface area contributed by atoms with E-state index in [0.717, 1.165) is 10.9 Å². The summed E-state index contributed by atoms with van der Waals surface area (Å²) in [5, 5.41) is 24.3. The van der Waals surface area contributed by atoms with Crippen LogP contribution in [0, 0.1) is 5.92 Å². The largest absolute Gasteiger partial charge is 0.378 e. The van der Waals surface area contributed by atoms with Crippen molar-refractivity contribution in [2.45, 2.75) is 31.4 Å². The second-order valence-electron chi connectivity index (χ2n) is 7.33. The van der Waals surface area contributed by atoms with Crippen LogP contribution in [0.15, 0.2) is 48.7 Å². The van der Waals surface area contributed by atoms with Crippen molar-refractivity contribution in [3.05, 3.63) is 59.2 Å². The third-order valence-corrected chi connectivity index (χ3v) is 5.51. The number of aromatic amines is 1. The molecule has 4 rings (SSSR count). The number of aliphatic hydroxyl groups excluding tert-OH is 1. The molecule has 1 aliphatic rings.